The molecule has 3 unspecified atom stereocenters. The molecule has 0 saturated carbocycles. The normalized spacial score (nSPS) is 14.3. The summed E-state index contributed by atoms with van der Waals surface area (Å²) in [6, 6.07) is 3.72. The molecule has 0 amide bonds. The lowest BCUT2D eigenvalue weighted by Crippen LogP contribution is -2.42. The summed E-state index contributed by atoms with van der Waals surface area (Å²) in [6.45, 7) is 13.8. The number of nitrogens with one attached hydrogen (secondary N) is 1. The van der Waals surface area contributed by atoms with Crippen LogP contribution in [0.2, 0.25) is 0 Å². The number of esters is 3. The molecule has 1 rings (SSSR count). The first kappa shape index (κ1) is 34.1. The van der Waals surface area contributed by atoms with Crippen molar-refractivity contribution in [1.29, 1.82) is 0 Å². The summed E-state index contributed by atoms with van der Waals surface area (Å²) in [6.07, 6.45) is 2.67. The topological polar surface area (TPSA) is 128 Å². The van der Waals surface area contributed by atoms with Crippen molar-refractivity contribution in [3.63, 3.8) is 0 Å². The Labute approximate surface area is 233 Å². The van der Waals surface area contributed by atoms with Crippen molar-refractivity contribution in [2.24, 2.45) is 17.8 Å². The molecular formula is C30H47NO8. The van der Waals surface area contributed by atoms with Crippen LogP contribution in [0.25, 0.3) is 0 Å². The van der Waals surface area contributed by atoms with Crippen molar-refractivity contribution in [3.8, 4) is 11.5 Å². The number of hydrogen-bond donors (Lipinski definition) is 2. The van der Waals surface area contributed by atoms with Gasteiger partial charge in [-0.3, -0.25) is 19.2 Å². The quantitative estimate of drug-likeness (QED) is 0.185. The first-order chi connectivity index (χ1) is 18.3. The van der Waals surface area contributed by atoms with Gasteiger partial charge in [-0.05, 0) is 55.2 Å². The number of carbonyl (C=O) groups excluding carboxylic acids is 3. The van der Waals surface area contributed by atoms with Crippen LogP contribution in [0.1, 0.15) is 92.6 Å². The smallest absolute Gasteiger partial charge is 0.321 e. The van der Waals surface area contributed by atoms with Crippen molar-refractivity contribution in [2.45, 2.75) is 106 Å². The molecule has 0 radical (unpaired) electrons. The monoisotopic (exact) mass is 549 g/mol. The average Bonchev–Trinajstić information content (AvgIpc) is 2.86. The molecule has 1 aromatic rings. The predicted molar refractivity (Wildman–Crippen MR) is 149 cm³/mol. The molecule has 0 aromatic heterocycles. The van der Waals surface area contributed by atoms with Gasteiger partial charge < -0.3 is 24.6 Å². The van der Waals surface area contributed by atoms with Crippen LogP contribution >= 0.6 is 0 Å². The minimum absolute atomic E-state index is 0.0698. The van der Waals surface area contributed by atoms with E-state index in [1.54, 1.807) is 13.0 Å². The summed E-state index contributed by atoms with van der Waals surface area (Å²) in [7, 11) is 0. The lowest BCUT2D eigenvalue weighted by molar-refractivity contribution is -0.148. The molecule has 9 heteroatoms. The number of ether oxygens (including phenoxy) is 3. The summed E-state index contributed by atoms with van der Waals surface area (Å²) in [5, 5.41) is 12.7. The zero-order valence-corrected chi connectivity index (χ0v) is 24.6. The number of hydrogen-bond acceptors (Lipinski definition) is 8. The standard InChI is InChI=1S/C30H47NO8/c1-8-20(5)14-28(33)38-25-12-11-23(17-26(25)39-29(34)15-21(6)9-2)16-24(30(35)36)31-18-22(7)37-27(32)13-10-19(3)4/h11-12,17,19-22,24,31H,8-10,13-16,18H2,1-7H3,(H,35,36)/t20?,21?,22?,24-/m0/s1. The molecule has 0 fully saturated rings. The summed E-state index contributed by atoms with van der Waals surface area (Å²) >= 11 is 0. The molecular weight excluding hydrogens is 502 g/mol. The number of rotatable bonds is 18. The summed E-state index contributed by atoms with van der Waals surface area (Å²) in [5.41, 5.74) is 0.574. The van der Waals surface area contributed by atoms with Gasteiger partial charge in [0.2, 0.25) is 0 Å². The third kappa shape index (κ3) is 14.1. The minimum atomic E-state index is -1.08. The van der Waals surface area contributed by atoms with Crippen molar-refractivity contribution in [1.82, 2.24) is 5.32 Å². The van der Waals surface area contributed by atoms with E-state index in [4.69, 9.17) is 14.2 Å². The number of benzene rings is 1. The molecule has 0 saturated heterocycles. The largest absolute Gasteiger partial charge is 0.480 e. The van der Waals surface area contributed by atoms with Gasteiger partial charge in [0.1, 0.15) is 12.1 Å². The van der Waals surface area contributed by atoms with E-state index in [-0.39, 0.29) is 55.1 Å². The van der Waals surface area contributed by atoms with E-state index in [9.17, 15) is 24.3 Å². The third-order valence-electron chi connectivity index (χ3n) is 6.53. The molecule has 0 spiro atoms. The van der Waals surface area contributed by atoms with Crippen LogP contribution in [0.3, 0.4) is 0 Å². The van der Waals surface area contributed by atoms with Gasteiger partial charge in [0.15, 0.2) is 11.5 Å². The van der Waals surface area contributed by atoms with Crippen LogP contribution in [0, 0.1) is 17.8 Å². The molecule has 9 nitrogen and oxygen atoms in total. The number of carboxylic acid groups (broad SMARTS) is 1. The Balaban J connectivity index is 2.98. The second-order valence-corrected chi connectivity index (χ2v) is 10.9. The van der Waals surface area contributed by atoms with E-state index in [1.165, 1.54) is 12.1 Å². The zero-order chi connectivity index (χ0) is 29.5. The Bertz CT molecular complexity index is 945. The van der Waals surface area contributed by atoms with Crippen LogP contribution in [0.15, 0.2) is 18.2 Å². The highest BCUT2D eigenvalue weighted by atomic mass is 16.6. The van der Waals surface area contributed by atoms with E-state index in [2.05, 4.69) is 5.32 Å². The molecule has 4 atom stereocenters. The second-order valence-electron chi connectivity index (χ2n) is 10.9. The maximum atomic E-state index is 12.5. The maximum Gasteiger partial charge on any atom is 0.321 e. The van der Waals surface area contributed by atoms with E-state index in [0.29, 0.717) is 17.9 Å². The Morgan fingerprint density at radius 2 is 1.41 bits per heavy atom. The van der Waals surface area contributed by atoms with E-state index >= 15 is 0 Å². The minimum Gasteiger partial charge on any atom is -0.480 e. The van der Waals surface area contributed by atoms with Crippen molar-refractivity contribution in [2.75, 3.05) is 6.54 Å². The van der Waals surface area contributed by atoms with Gasteiger partial charge in [-0.15, -0.1) is 0 Å². The molecule has 0 bridgehead atoms. The van der Waals surface area contributed by atoms with Crippen molar-refractivity contribution < 1.29 is 38.5 Å². The van der Waals surface area contributed by atoms with Crippen molar-refractivity contribution >= 4 is 23.9 Å². The molecule has 0 heterocycles. The predicted octanol–water partition coefficient (Wildman–Crippen LogP) is 5.32. The Hall–Kier alpha value is -2.94. The van der Waals surface area contributed by atoms with Gasteiger partial charge in [-0.2, -0.15) is 0 Å². The van der Waals surface area contributed by atoms with Gasteiger partial charge in [0, 0.05) is 25.8 Å². The van der Waals surface area contributed by atoms with E-state index in [1.807, 2.05) is 41.5 Å². The lowest BCUT2D eigenvalue weighted by Gasteiger charge is -2.19. The summed E-state index contributed by atoms with van der Waals surface area (Å²) in [5.74, 6) is -1.43. The van der Waals surface area contributed by atoms with Gasteiger partial charge >= 0.3 is 23.9 Å². The summed E-state index contributed by atoms with van der Waals surface area (Å²) < 4.78 is 16.5. The van der Waals surface area contributed by atoms with E-state index in [0.717, 1.165) is 19.3 Å². The molecule has 39 heavy (non-hydrogen) atoms. The first-order valence-electron chi connectivity index (χ1n) is 14.0. The Morgan fingerprint density at radius 3 is 1.92 bits per heavy atom. The summed E-state index contributed by atoms with van der Waals surface area (Å²) in [4.78, 5) is 48.9. The fraction of sp³-hybridized carbons (Fsp3) is 0.667. The number of carboxylic acids is 1. The van der Waals surface area contributed by atoms with Crippen LogP contribution in [-0.2, 0) is 30.3 Å². The first-order valence-corrected chi connectivity index (χ1v) is 14.0. The average molecular weight is 550 g/mol. The highest BCUT2D eigenvalue weighted by Crippen LogP contribution is 2.31. The highest BCUT2D eigenvalue weighted by Gasteiger charge is 2.22. The highest BCUT2D eigenvalue weighted by molar-refractivity contribution is 5.77. The SMILES string of the molecule is CCC(C)CC(=O)Oc1ccc(C[C@H](NCC(C)OC(=O)CCC(C)C)C(=O)O)cc1OC(=O)CC(C)CC. The number of aliphatic carboxylic acids is 1. The zero-order valence-electron chi connectivity index (χ0n) is 24.6. The Morgan fingerprint density at radius 1 is 0.846 bits per heavy atom. The second kappa shape index (κ2) is 17.6. The maximum absolute atomic E-state index is 12.5. The molecule has 220 valence electrons. The van der Waals surface area contributed by atoms with Gasteiger partial charge in [-0.1, -0.05) is 60.5 Å². The molecule has 0 aliphatic rings. The van der Waals surface area contributed by atoms with Crippen LogP contribution in [0.4, 0.5) is 0 Å². The third-order valence-corrected chi connectivity index (χ3v) is 6.53. The van der Waals surface area contributed by atoms with Gasteiger partial charge in [-0.25, -0.2) is 0 Å². The molecule has 0 aliphatic carbocycles. The van der Waals surface area contributed by atoms with Crippen LogP contribution in [0.5, 0.6) is 11.5 Å². The van der Waals surface area contributed by atoms with E-state index < -0.39 is 30.1 Å². The fourth-order valence-corrected chi connectivity index (χ4v) is 3.55. The van der Waals surface area contributed by atoms with Crippen molar-refractivity contribution in [3.05, 3.63) is 23.8 Å². The molecule has 0 aliphatic heterocycles. The molecule has 1 aromatic carbocycles. The van der Waals surface area contributed by atoms with Crippen LogP contribution in [-0.4, -0.2) is 47.7 Å². The molecule has 2 N–H and O–H groups in total. The van der Waals surface area contributed by atoms with Crippen LogP contribution < -0.4 is 14.8 Å². The number of carbonyl (C=O) groups is 4. The van der Waals surface area contributed by atoms with Gasteiger partial charge in [0.05, 0.1) is 0 Å². The lowest BCUT2D eigenvalue weighted by atomic mass is 10.0. The Kier molecular flexibility index (Phi) is 15.4. The van der Waals surface area contributed by atoms with Gasteiger partial charge in [0.25, 0.3) is 0 Å². The fourth-order valence-electron chi connectivity index (χ4n) is 3.55.